The Bertz CT molecular complexity index is 450. The van der Waals surface area contributed by atoms with E-state index in [2.05, 4.69) is 26.0 Å². The van der Waals surface area contributed by atoms with Crippen LogP contribution in [-0.2, 0) is 0 Å². The van der Waals surface area contributed by atoms with Gasteiger partial charge in [-0.2, -0.15) is 0 Å². The Morgan fingerprint density at radius 2 is 0.919 bits per heavy atom. The zero-order valence-electron chi connectivity index (χ0n) is 25.3. The van der Waals surface area contributed by atoms with Crippen molar-refractivity contribution < 1.29 is 15.3 Å². The summed E-state index contributed by atoms with van der Waals surface area (Å²) < 4.78 is 0. The number of allylic oxidation sites excluding steroid dienone is 2. The molecule has 37 heavy (non-hydrogen) atoms. The molecule has 0 aliphatic rings. The zero-order valence-corrected chi connectivity index (χ0v) is 25.3. The third kappa shape index (κ3) is 30.0. The molecular weight excluding hydrogens is 456 g/mol. The molecular formula is C34H68O3. The third-order valence-corrected chi connectivity index (χ3v) is 7.94. The average molecular weight is 525 g/mol. The maximum Gasteiger partial charge on any atom is 0.0564 e. The normalized spacial score (nSPS) is 14.4. The lowest BCUT2D eigenvalue weighted by molar-refractivity contribution is 0.0680. The molecule has 3 heteroatoms. The van der Waals surface area contributed by atoms with Crippen molar-refractivity contribution in [2.75, 3.05) is 6.61 Å². The van der Waals surface area contributed by atoms with Gasteiger partial charge in [-0.3, -0.25) is 0 Å². The van der Waals surface area contributed by atoms with Gasteiger partial charge in [0.15, 0.2) is 0 Å². The van der Waals surface area contributed by atoms with Gasteiger partial charge in [0.1, 0.15) is 0 Å². The van der Waals surface area contributed by atoms with Crippen molar-refractivity contribution in [1.29, 1.82) is 0 Å². The first-order valence-electron chi connectivity index (χ1n) is 16.7. The fraction of sp³-hybridized carbons (Fsp3) is 0.941. The summed E-state index contributed by atoms with van der Waals surface area (Å²) in [7, 11) is 0. The standard InChI is InChI=1S/C34H68O3/c1-3-4-5-6-16-21-26-32(2)27-22-17-12-10-8-7-9-11-13-18-23-28-33(36)31-34(37)29-24-19-14-15-20-25-30-35/h12,17,32-37H,3-11,13-16,18-31H2,1-2H3/t32-,33-,34+/m0/s1. The second-order valence-corrected chi connectivity index (χ2v) is 11.9. The van der Waals surface area contributed by atoms with Crippen LogP contribution in [0, 0.1) is 5.92 Å². The SMILES string of the molecule is CCCCCCCC[C@H](C)CCC=CCCCCCCCCC[C@H](O)C[C@H](O)CCCCCCCCO. The van der Waals surface area contributed by atoms with Crippen LogP contribution in [0.2, 0.25) is 0 Å². The van der Waals surface area contributed by atoms with Gasteiger partial charge in [0.25, 0.3) is 0 Å². The van der Waals surface area contributed by atoms with E-state index < -0.39 is 0 Å². The second-order valence-electron chi connectivity index (χ2n) is 11.9. The van der Waals surface area contributed by atoms with Gasteiger partial charge in [-0.25, -0.2) is 0 Å². The summed E-state index contributed by atoms with van der Waals surface area (Å²) in [6, 6.07) is 0. The molecule has 0 saturated heterocycles. The molecule has 222 valence electrons. The molecule has 0 unspecified atom stereocenters. The highest BCUT2D eigenvalue weighted by molar-refractivity contribution is 4.82. The van der Waals surface area contributed by atoms with E-state index in [0.717, 1.165) is 50.9 Å². The van der Waals surface area contributed by atoms with E-state index in [1.807, 2.05) is 0 Å². The zero-order chi connectivity index (χ0) is 27.2. The number of rotatable bonds is 30. The molecule has 0 rings (SSSR count). The highest BCUT2D eigenvalue weighted by atomic mass is 16.3. The van der Waals surface area contributed by atoms with Crippen LogP contribution in [0.5, 0.6) is 0 Å². The van der Waals surface area contributed by atoms with Crippen molar-refractivity contribution in [3.63, 3.8) is 0 Å². The highest BCUT2D eigenvalue weighted by Gasteiger charge is 2.11. The highest BCUT2D eigenvalue weighted by Crippen LogP contribution is 2.18. The first-order valence-corrected chi connectivity index (χ1v) is 16.7. The van der Waals surface area contributed by atoms with Crippen molar-refractivity contribution in [2.24, 2.45) is 5.92 Å². The van der Waals surface area contributed by atoms with Gasteiger partial charge in [0, 0.05) is 6.61 Å². The van der Waals surface area contributed by atoms with Gasteiger partial charge >= 0.3 is 0 Å². The summed E-state index contributed by atoms with van der Waals surface area (Å²) in [5, 5.41) is 29.1. The Morgan fingerprint density at radius 1 is 0.486 bits per heavy atom. The molecule has 3 nitrogen and oxygen atoms in total. The molecule has 3 atom stereocenters. The molecule has 0 saturated carbocycles. The molecule has 0 aliphatic heterocycles. The summed E-state index contributed by atoms with van der Waals surface area (Å²) >= 11 is 0. The summed E-state index contributed by atoms with van der Waals surface area (Å²) in [6.07, 6.45) is 35.5. The maximum absolute atomic E-state index is 10.2. The Balaban J connectivity index is 3.37. The van der Waals surface area contributed by atoms with Gasteiger partial charge in [0.05, 0.1) is 12.2 Å². The minimum atomic E-state index is -0.352. The van der Waals surface area contributed by atoms with Crippen molar-refractivity contribution in [2.45, 2.75) is 193 Å². The van der Waals surface area contributed by atoms with Crippen LogP contribution in [0.1, 0.15) is 181 Å². The van der Waals surface area contributed by atoms with Gasteiger partial charge in [0.2, 0.25) is 0 Å². The van der Waals surface area contributed by atoms with Gasteiger partial charge in [-0.15, -0.1) is 0 Å². The average Bonchev–Trinajstić information content (AvgIpc) is 2.88. The fourth-order valence-electron chi connectivity index (χ4n) is 5.31. The minimum Gasteiger partial charge on any atom is -0.396 e. The van der Waals surface area contributed by atoms with E-state index in [0.29, 0.717) is 13.0 Å². The van der Waals surface area contributed by atoms with Crippen molar-refractivity contribution >= 4 is 0 Å². The number of hydrogen-bond donors (Lipinski definition) is 3. The first kappa shape index (κ1) is 36.6. The molecule has 0 aliphatic carbocycles. The molecule has 0 fully saturated rings. The number of hydrogen-bond acceptors (Lipinski definition) is 3. The molecule has 0 aromatic heterocycles. The lowest BCUT2D eigenvalue weighted by Gasteiger charge is -2.15. The summed E-state index contributed by atoms with van der Waals surface area (Å²) in [6.45, 7) is 5.01. The van der Waals surface area contributed by atoms with Gasteiger partial charge in [-0.1, -0.05) is 142 Å². The number of aliphatic hydroxyl groups excluding tert-OH is 3. The molecule has 0 aromatic rings. The van der Waals surface area contributed by atoms with E-state index in [4.69, 9.17) is 5.11 Å². The van der Waals surface area contributed by atoms with Gasteiger partial charge in [-0.05, 0) is 57.3 Å². The summed E-state index contributed by atoms with van der Waals surface area (Å²) in [5.41, 5.74) is 0. The van der Waals surface area contributed by atoms with Crippen LogP contribution in [0.3, 0.4) is 0 Å². The van der Waals surface area contributed by atoms with Gasteiger partial charge < -0.3 is 15.3 Å². The molecule has 0 amide bonds. The van der Waals surface area contributed by atoms with Crippen LogP contribution < -0.4 is 0 Å². The minimum absolute atomic E-state index is 0.299. The van der Waals surface area contributed by atoms with Crippen LogP contribution in [0.4, 0.5) is 0 Å². The van der Waals surface area contributed by atoms with E-state index in [1.54, 1.807) is 0 Å². The van der Waals surface area contributed by atoms with Crippen molar-refractivity contribution in [3.05, 3.63) is 12.2 Å². The van der Waals surface area contributed by atoms with Crippen LogP contribution >= 0.6 is 0 Å². The van der Waals surface area contributed by atoms with E-state index in [9.17, 15) is 10.2 Å². The fourth-order valence-corrected chi connectivity index (χ4v) is 5.31. The number of unbranched alkanes of at least 4 members (excludes halogenated alkanes) is 17. The van der Waals surface area contributed by atoms with Crippen LogP contribution in [0.25, 0.3) is 0 Å². The van der Waals surface area contributed by atoms with Crippen molar-refractivity contribution in [1.82, 2.24) is 0 Å². The summed E-state index contributed by atoms with van der Waals surface area (Å²) in [4.78, 5) is 0. The lowest BCUT2D eigenvalue weighted by atomic mass is 9.97. The van der Waals surface area contributed by atoms with Crippen LogP contribution in [-0.4, -0.2) is 34.1 Å². The smallest absolute Gasteiger partial charge is 0.0564 e. The first-order chi connectivity index (χ1) is 18.1. The number of aliphatic hydroxyl groups is 3. The van der Waals surface area contributed by atoms with E-state index >= 15 is 0 Å². The summed E-state index contributed by atoms with van der Waals surface area (Å²) in [5.74, 6) is 0.880. The van der Waals surface area contributed by atoms with E-state index in [1.165, 1.54) is 116 Å². The molecule has 3 N–H and O–H groups in total. The second kappa shape index (κ2) is 30.2. The lowest BCUT2D eigenvalue weighted by Crippen LogP contribution is -2.17. The predicted molar refractivity (Wildman–Crippen MR) is 163 cm³/mol. The predicted octanol–water partition coefficient (Wildman–Crippen LogP) is 10.1. The third-order valence-electron chi connectivity index (χ3n) is 7.94. The largest absolute Gasteiger partial charge is 0.396 e. The molecule has 0 spiro atoms. The van der Waals surface area contributed by atoms with Crippen LogP contribution in [0.15, 0.2) is 12.2 Å². The Kier molecular flexibility index (Phi) is 29.9. The maximum atomic E-state index is 10.2. The Hall–Kier alpha value is -0.380. The van der Waals surface area contributed by atoms with Crippen molar-refractivity contribution in [3.8, 4) is 0 Å². The topological polar surface area (TPSA) is 60.7 Å². The quantitative estimate of drug-likeness (QED) is 0.0647. The van der Waals surface area contributed by atoms with E-state index in [-0.39, 0.29) is 12.2 Å². The Labute approximate surface area is 232 Å². The molecule has 0 heterocycles. The monoisotopic (exact) mass is 525 g/mol. The Morgan fingerprint density at radius 3 is 1.46 bits per heavy atom. The molecule has 0 radical (unpaired) electrons. The molecule has 0 bridgehead atoms. The molecule has 0 aromatic carbocycles.